The summed E-state index contributed by atoms with van der Waals surface area (Å²) in [5, 5.41) is 8.92. The van der Waals surface area contributed by atoms with Gasteiger partial charge in [0, 0.05) is 26.4 Å². The molecule has 0 radical (unpaired) electrons. The van der Waals surface area contributed by atoms with Crippen LogP contribution in [0.25, 0.3) is 0 Å². The Morgan fingerprint density at radius 2 is 2.38 bits per heavy atom. The van der Waals surface area contributed by atoms with Crippen molar-refractivity contribution >= 4 is 5.82 Å². The summed E-state index contributed by atoms with van der Waals surface area (Å²) in [5.41, 5.74) is 0.814. The maximum atomic E-state index is 8.92. The number of aliphatic hydroxyl groups is 1. The Labute approximate surface area is 96.2 Å². The zero-order valence-corrected chi connectivity index (χ0v) is 9.59. The highest BCUT2D eigenvalue weighted by molar-refractivity contribution is 5.39. The van der Waals surface area contributed by atoms with Gasteiger partial charge in [0.25, 0.3) is 0 Å². The molecule has 4 nitrogen and oxygen atoms in total. The van der Waals surface area contributed by atoms with Crippen LogP contribution in [0.5, 0.6) is 0 Å². The zero-order valence-electron chi connectivity index (χ0n) is 9.59. The Morgan fingerprint density at radius 1 is 1.56 bits per heavy atom. The van der Waals surface area contributed by atoms with E-state index in [1.807, 2.05) is 18.2 Å². The van der Waals surface area contributed by atoms with Gasteiger partial charge in [0.15, 0.2) is 0 Å². The lowest BCUT2D eigenvalue weighted by atomic mass is 10.3. The Bertz CT molecular complexity index is 311. The molecule has 0 saturated heterocycles. The number of hydrogen-bond acceptors (Lipinski definition) is 4. The summed E-state index contributed by atoms with van der Waals surface area (Å²) in [5.74, 6) is 0.870. The molecule has 0 aliphatic rings. The van der Waals surface area contributed by atoms with Gasteiger partial charge in [-0.15, -0.1) is 6.58 Å². The van der Waals surface area contributed by atoms with Crippen molar-refractivity contribution in [3.05, 3.63) is 36.5 Å². The number of aromatic nitrogens is 1. The standard InChI is InChI=1S/C12H18N2O2/c1-3-6-14(7-8-16-2)12-5-4-11(10-15)9-13-12/h3-5,9,15H,1,6-8,10H2,2H3. The van der Waals surface area contributed by atoms with E-state index >= 15 is 0 Å². The van der Waals surface area contributed by atoms with Gasteiger partial charge < -0.3 is 14.7 Å². The number of methoxy groups -OCH3 is 1. The van der Waals surface area contributed by atoms with Crippen molar-refractivity contribution in [2.75, 3.05) is 31.7 Å². The van der Waals surface area contributed by atoms with Gasteiger partial charge in [0.2, 0.25) is 0 Å². The molecule has 0 unspecified atom stereocenters. The molecule has 0 bridgehead atoms. The van der Waals surface area contributed by atoms with Gasteiger partial charge in [0.1, 0.15) is 5.82 Å². The fourth-order valence-corrected chi connectivity index (χ4v) is 1.35. The second kappa shape index (κ2) is 6.98. The molecule has 88 valence electrons. The molecule has 0 spiro atoms. The summed E-state index contributed by atoms with van der Waals surface area (Å²) < 4.78 is 5.04. The summed E-state index contributed by atoms with van der Waals surface area (Å²) in [6, 6.07) is 3.76. The van der Waals surface area contributed by atoms with Crippen LogP contribution < -0.4 is 4.90 Å². The third-order valence-electron chi connectivity index (χ3n) is 2.23. The first kappa shape index (κ1) is 12.7. The summed E-state index contributed by atoms with van der Waals surface area (Å²) in [6.07, 6.45) is 3.51. The number of ether oxygens (including phenoxy) is 1. The van der Waals surface area contributed by atoms with E-state index in [1.54, 1.807) is 13.3 Å². The van der Waals surface area contributed by atoms with E-state index in [9.17, 15) is 0 Å². The topological polar surface area (TPSA) is 45.6 Å². The lowest BCUT2D eigenvalue weighted by Crippen LogP contribution is -2.28. The summed E-state index contributed by atoms with van der Waals surface area (Å²) in [6.45, 7) is 5.89. The average molecular weight is 222 g/mol. The second-order valence-electron chi connectivity index (χ2n) is 3.41. The van der Waals surface area contributed by atoms with Crippen LogP contribution in [0.15, 0.2) is 31.0 Å². The third kappa shape index (κ3) is 3.64. The quantitative estimate of drug-likeness (QED) is 0.704. The predicted octanol–water partition coefficient (Wildman–Crippen LogP) is 1.21. The molecule has 0 fully saturated rings. The van der Waals surface area contributed by atoms with E-state index < -0.39 is 0 Å². The maximum Gasteiger partial charge on any atom is 0.128 e. The second-order valence-corrected chi connectivity index (χ2v) is 3.41. The van der Waals surface area contributed by atoms with Crippen LogP contribution in [0.4, 0.5) is 5.82 Å². The minimum atomic E-state index is 0.0206. The molecule has 1 rings (SSSR count). The van der Waals surface area contributed by atoms with Crippen LogP contribution in [-0.4, -0.2) is 36.9 Å². The number of aliphatic hydroxyl groups excluding tert-OH is 1. The smallest absolute Gasteiger partial charge is 0.128 e. The summed E-state index contributed by atoms with van der Waals surface area (Å²) in [7, 11) is 1.67. The minimum Gasteiger partial charge on any atom is -0.392 e. The lowest BCUT2D eigenvalue weighted by Gasteiger charge is -2.21. The Kier molecular flexibility index (Phi) is 5.53. The highest BCUT2D eigenvalue weighted by Crippen LogP contribution is 2.11. The Hall–Kier alpha value is -1.39. The third-order valence-corrected chi connectivity index (χ3v) is 2.23. The monoisotopic (exact) mass is 222 g/mol. The van der Waals surface area contributed by atoms with Gasteiger partial charge >= 0.3 is 0 Å². The molecule has 0 aliphatic heterocycles. The van der Waals surface area contributed by atoms with Crippen molar-refractivity contribution in [2.24, 2.45) is 0 Å². The zero-order chi connectivity index (χ0) is 11.8. The summed E-state index contributed by atoms with van der Waals surface area (Å²) >= 11 is 0. The highest BCUT2D eigenvalue weighted by atomic mass is 16.5. The number of hydrogen-bond donors (Lipinski definition) is 1. The molecule has 4 heteroatoms. The number of rotatable bonds is 7. The van der Waals surface area contributed by atoms with Gasteiger partial charge in [-0.1, -0.05) is 12.1 Å². The van der Waals surface area contributed by atoms with Gasteiger partial charge in [-0.2, -0.15) is 0 Å². The minimum absolute atomic E-state index is 0.0206. The fraction of sp³-hybridized carbons (Fsp3) is 0.417. The van der Waals surface area contributed by atoms with Crippen LogP contribution >= 0.6 is 0 Å². The first-order valence-corrected chi connectivity index (χ1v) is 5.22. The molecular formula is C12H18N2O2. The number of nitrogens with zero attached hydrogens (tertiary/aromatic N) is 2. The van der Waals surface area contributed by atoms with E-state index in [1.165, 1.54) is 0 Å². The van der Waals surface area contributed by atoms with Crippen LogP contribution in [0, 0.1) is 0 Å². The molecule has 0 amide bonds. The SMILES string of the molecule is C=CCN(CCOC)c1ccc(CO)cn1. The highest BCUT2D eigenvalue weighted by Gasteiger charge is 2.05. The lowest BCUT2D eigenvalue weighted by molar-refractivity contribution is 0.205. The largest absolute Gasteiger partial charge is 0.392 e. The fourth-order valence-electron chi connectivity index (χ4n) is 1.35. The van der Waals surface area contributed by atoms with Crippen molar-refractivity contribution in [3.8, 4) is 0 Å². The number of anilines is 1. The molecule has 1 aromatic rings. The van der Waals surface area contributed by atoms with Gasteiger partial charge in [0.05, 0.1) is 13.2 Å². The normalized spacial score (nSPS) is 10.1. The molecule has 1 aromatic heterocycles. The Balaban J connectivity index is 2.70. The van der Waals surface area contributed by atoms with Crippen molar-refractivity contribution in [3.63, 3.8) is 0 Å². The molecule has 0 atom stereocenters. The van der Waals surface area contributed by atoms with Crippen molar-refractivity contribution in [2.45, 2.75) is 6.61 Å². The average Bonchev–Trinajstić information content (AvgIpc) is 2.35. The van der Waals surface area contributed by atoms with Crippen molar-refractivity contribution < 1.29 is 9.84 Å². The van der Waals surface area contributed by atoms with Gasteiger partial charge in [-0.05, 0) is 11.6 Å². The van der Waals surface area contributed by atoms with Crippen LogP contribution in [0.3, 0.4) is 0 Å². The molecule has 16 heavy (non-hydrogen) atoms. The Morgan fingerprint density at radius 3 is 2.88 bits per heavy atom. The van der Waals surface area contributed by atoms with Crippen molar-refractivity contribution in [1.29, 1.82) is 0 Å². The molecule has 0 aliphatic carbocycles. The van der Waals surface area contributed by atoms with E-state index in [0.717, 1.165) is 24.5 Å². The number of pyridine rings is 1. The van der Waals surface area contributed by atoms with E-state index in [2.05, 4.69) is 16.5 Å². The molecule has 1 heterocycles. The summed E-state index contributed by atoms with van der Waals surface area (Å²) in [4.78, 5) is 6.35. The van der Waals surface area contributed by atoms with E-state index in [-0.39, 0.29) is 6.61 Å². The molecular weight excluding hydrogens is 204 g/mol. The van der Waals surface area contributed by atoms with Crippen molar-refractivity contribution in [1.82, 2.24) is 4.98 Å². The van der Waals surface area contributed by atoms with Crippen LogP contribution in [-0.2, 0) is 11.3 Å². The van der Waals surface area contributed by atoms with Crippen LogP contribution in [0.1, 0.15) is 5.56 Å². The van der Waals surface area contributed by atoms with E-state index in [0.29, 0.717) is 6.61 Å². The predicted molar refractivity (Wildman–Crippen MR) is 64.4 cm³/mol. The molecule has 1 N–H and O–H groups in total. The maximum absolute atomic E-state index is 8.92. The van der Waals surface area contributed by atoms with E-state index in [4.69, 9.17) is 9.84 Å². The first-order valence-electron chi connectivity index (χ1n) is 5.22. The van der Waals surface area contributed by atoms with Crippen LogP contribution in [0.2, 0.25) is 0 Å². The first-order chi connectivity index (χ1) is 7.81. The molecule has 0 saturated carbocycles. The van der Waals surface area contributed by atoms with Gasteiger partial charge in [-0.25, -0.2) is 4.98 Å². The van der Waals surface area contributed by atoms with Gasteiger partial charge in [-0.3, -0.25) is 0 Å². The molecule has 0 aromatic carbocycles.